The van der Waals surface area contributed by atoms with Crippen LogP contribution in [0.3, 0.4) is 0 Å². The number of ether oxygens (including phenoxy) is 1. The summed E-state index contributed by atoms with van der Waals surface area (Å²) in [5.41, 5.74) is 1.71. The molecule has 11 heavy (non-hydrogen) atoms. The van der Waals surface area contributed by atoms with Crippen LogP contribution in [0.1, 0.15) is 21.9 Å². The topological polar surface area (TPSA) is 26.3 Å². The molecule has 0 N–H and O–H groups in total. The molecule has 0 bridgehead atoms. The predicted octanol–water partition coefficient (Wildman–Crippen LogP) is 0.489. The van der Waals surface area contributed by atoms with Crippen LogP contribution in [0.25, 0.3) is 0 Å². The van der Waals surface area contributed by atoms with Crippen molar-refractivity contribution in [2.24, 2.45) is 0 Å². The molecule has 1 aliphatic heterocycles. The highest BCUT2D eigenvalue weighted by Crippen LogP contribution is 2.27. The van der Waals surface area contributed by atoms with Gasteiger partial charge in [0.1, 0.15) is 0 Å². The van der Waals surface area contributed by atoms with Gasteiger partial charge in [-0.25, -0.2) is 4.79 Å². The monoisotopic (exact) mass is 146 g/mol. The standard InChI is InChI=1S/C8H7BO2/c9-7-5-3-1-2-4-6(5)8(10)11-7/h1-4,7H,9H2. The molecule has 1 aromatic carbocycles. The van der Waals surface area contributed by atoms with Crippen LogP contribution in [0.15, 0.2) is 24.3 Å². The maximum absolute atomic E-state index is 11.1. The average molecular weight is 146 g/mol. The Balaban J connectivity index is 2.60. The average Bonchev–Trinajstić information content (AvgIpc) is 2.30. The number of cyclic esters (lactones) is 1. The second-order valence-electron chi connectivity index (χ2n) is 2.63. The van der Waals surface area contributed by atoms with E-state index in [9.17, 15) is 4.79 Å². The van der Waals surface area contributed by atoms with Crippen LogP contribution < -0.4 is 0 Å². The zero-order valence-electron chi connectivity index (χ0n) is 6.20. The van der Waals surface area contributed by atoms with Gasteiger partial charge in [0.25, 0.3) is 0 Å². The number of esters is 1. The third-order valence-electron chi connectivity index (χ3n) is 1.90. The van der Waals surface area contributed by atoms with Crippen molar-refractivity contribution in [2.75, 3.05) is 0 Å². The fourth-order valence-electron chi connectivity index (χ4n) is 1.32. The lowest BCUT2D eigenvalue weighted by Gasteiger charge is -1.99. The zero-order chi connectivity index (χ0) is 7.84. The van der Waals surface area contributed by atoms with Crippen LogP contribution in [0.2, 0.25) is 0 Å². The van der Waals surface area contributed by atoms with Gasteiger partial charge in [-0.2, -0.15) is 0 Å². The molecule has 0 spiro atoms. The Hall–Kier alpha value is -1.25. The van der Waals surface area contributed by atoms with E-state index in [0.29, 0.717) is 5.56 Å². The minimum absolute atomic E-state index is 0.0706. The Morgan fingerprint density at radius 3 is 2.82 bits per heavy atom. The van der Waals surface area contributed by atoms with Gasteiger partial charge < -0.3 is 4.74 Å². The molecule has 0 radical (unpaired) electrons. The lowest BCUT2D eigenvalue weighted by Crippen LogP contribution is -1.96. The van der Waals surface area contributed by atoms with E-state index in [2.05, 4.69) is 0 Å². The summed E-state index contributed by atoms with van der Waals surface area (Å²) in [5.74, 6) is -0.201. The van der Waals surface area contributed by atoms with E-state index in [1.54, 1.807) is 6.07 Å². The summed E-state index contributed by atoms with van der Waals surface area (Å²) in [6.45, 7) is 0. The summed E-state index contributed by atoms with van der Waals surface area (Å²) in [5, 5.41) is 0. The smallest absolute Gasteiger partial charge is 0.338 e. The van der Waals surface area contributed by atoms with Gasteiger partial charge in [0.2, 0.25) is 0 Å². The normalized spacial score (nSPS) is 21.1. The molecule has 0 saturated heterocycles. The molecule has 1 unspecified atom stereocenters. The highest BCUT2D eigenvalue weighted by atomic mass is 16.5. The Morgan fingerprint density at radius 1 is 1.36 bits per heavy atom. The van der Waals surface area contributed by atoms with Gasteiger partial charge in [0.05, 0.1) is 11.6 Å². The van der Waals surface area contributed by atoms with Gasteiger partial charge in [-0.3, -0.25) is 0 Å². The second-order valence-corrected chi connectivity index (χ2v) is 2.63. The van der Waals surface area contributed by atoms with Gasteiger partial charge in [0.15, 0.2) is 7.85 Å². The third-order valence-corrected chi connectivity index (χ3v) is 1.90. The molecule has 0 fully saturated rings. The number of carbonyl (C=O) groups is 1. The zero-order valence-corrected chi connectivity index (χ0v) is 6.20. The Labute approximate surface area is 65.6 Å². The molecular formula is C8H7BO2. The molecule has 54 valence electrons. The van der Waals surface area contributed by atoms with E-state index in [4.69, 9.17) is 4.74 Å². The van der Waals surface area contributed by atoms with Gasteiger partial charge in [0, 0.05) is 0 Å². The van der Waals surface area contributed by atoms with Crippen molar-refractivity contribution >= 4 is 13.8 Å². The van der Waals surface area contributed by atoms with E-state index in [1.807, 2.05) is 26.0 Å². The number of rotatable bonds is 0. The molecule has 0 amide bonds. The van der Waals surface area contributed by atoms with Gasteiger partial charge in [-0.1, -0.05) is 18.2 Å². The van der Waals surface area contributed by atoms with Crippen molar-refractivity contribution in [2.45, 2.75) is 6.00 Å². The molecular weight excluding hydrogens is 139 g/mol. The molecule has 0 aromatic heterocycles. The maximum atomic E-state index is 11.1. The summed E-state index contributed by atoms with van der Waals surface area (Å²) in [6, 6.07) is 7.40. The van der Waals surface area contributed by atoms with Crippen molar-refractivity contribution in [1.29, 1.82) is 0 Å². The number of hydrogen-bond donors (Lipinski definition) is 0. The molecule has 0 saturated carbocycles. The SMILES string of the molecule is BC1OC(=O)c2ccccc21. The van der Waals surface area contributed by atoms with Crippen LogP contribution in [0.5, 0.6) is 0 Å². The number of benzene rings is 1. The highest BCUT2D eigenvalue weighted by molar-refractivity contribution is 6.15. The van der Waals surface area contributed by atoms with Gasteiger partial charge in [-0.05, 0) is 11.6 Å². The molecule has 1 aliphatic rings. The van der Waals surface area contributed by atoms with Crippen LogP contribution in [0, 0.1) is 0 Å². The lowest BCUT2D eigenvalue weighted by atomic mass is 9.91. The molecule has 1 heterocycles. The summed E-state index contributed by atoms with van der Waals surface area (Å²) >= 11 is 0. The Bertz CT molecular complexity index is 309. The first-order valence-corrected chi connectivity index (χ1v) is 3.59. The van der Waals surface area contributed by atoms with Crippen molar-refractivity contribution in [1.82, 2.24) is 0 Å². The summed E-state index contributed by atoms with van der Waals surface area (Å²) in [4.78, 5) is 11.1. The molecule has 2 rings (SSSR count). The Morgan fingerprint density at radius 2 is 2.09 bits per heavy atom. The van der Waals surface area contributed by atoms with E-state index in [1.165, 1.54) is 0 Å². The minimum Gasteiger partial charge on any atom is -0.464 e. The maximum Gasteiger partial charge on any atom is 0.338 e. The van der Waals surface area contributed by atoms with Crippen molar-refractivity contribution in [3.63, 3.8) is 0 Å². The summed E-state index contributed by atoms with van der Waals surface area (Å²) in [6.07, 6.45) is 0. The van der Waals surface area contributed by atoms with Crippen LogP contribution in [-0.4, -0.2) is 13.8 Å². The first-order valence-electron chi connectivity index (χ1n) is 3.59. The Kier molecular flexibility index (Phi) is 1.25. The van der Waals surface area contributed by atoms with Crippen molar-refractivity contribution in [3.8, 4) is 0 Å². The lowest BCUT2D eigenvalue weighted by molar-refractivity contribution is 0.0512. The quantitative estimate of drug-likeness (QED) is 0.393. The first kappa shape index (κ1) is 6.46. The van der Waals surface area contributed by atoms with Crippen LogP contribution >= 0.6 is 0 Å². The predicted molar refractivity (Wildman–Crippen MR) is 43.1 cm³/mol. The highest BCUT2D eigenvalue weighted by Gasteiger charge is 2.26. The molecule has 3 heteroatoms. The van der Waals surface area contributed by atoms with Crippen LogP contribution in [0.4, 0.5) is 0 Å². The second kappa shape index (κ2) is 2.12. The number of carbonyl (C=O) groups excluding carboxylic acids is 1. The number of hydrogen-bond acceptors (Lipinski definition) is 2. The van der Waals surface area contributed by atoms with E-state index < -0.39 is 0 Å². The molecule has 2 nitrogen and oxygen atoms in total. The molecule has 0 aliphatic carbocycles. The summed E-state index contributed by atoms with van der Waals surface area (Å²) in [7, 11) is 1.88. The fourth-order valence-corrected chi connectivity index (χ4v) is 1.32. The third kappa shape index (κ3) is 0.844. The molecule has 1 aromatic rings. The first-order chi connectivity index (χ1) is 5.29. The summed E-state index contributed by atoms with van der Waals surface area (Å²) < 4.78 is 4.99. The van der Waals surface area contributed by atoms with Gasteiger partial charge >= 0.3 is 5.97 Å². The van der Waals surface area contributed by atoms with Crippen LogP contribution in [-0.2, 0) is 4.74 Å². The number of fused-ring (bicyclic) bond motifs is 1. The largest absolute Gasteiger partial charge is 0.464 e. The van der Waals surface area contributed by atoms with Crippen molar-refractivity contribution in [3.05, 3.63) is 35.4 Å². The fraction of sp³-hybridized carbons (Fsp3) is 0.125. The van der Waals surface area contributed by atoms with E-state index in [-0.39, 0.29) is 12.0 Å². The molecule has 1 atom stereocenters. The minimum atomic E-state index is -0.201. The van der Waals surface area contributed by atoms with Gasteiger partial charge in [-0.15, -0.1) is 0 Å². The van der Waals surface area contributed by atoms with E-state index in [0.717, 1.165) is 5.56 Å². The van der Waals surface area contributed by atoms with Crippen molar-refractivity contribution < 1.29 is 9.53 Å². The van der Waals surface area contributed by atoms with E-state index >= 15 is 0 Å².